The zero-order chi connectivity index (χ0) is 25.7. The summed E-state index contributed by atoms with van der Waals surface area (Å²) in [5.41, 5.74) is 4.43. The summed E-state index contributed by atoms with van der Waals surface area (Å²) in [6.07, 6.45) is 4.86. The number of rotatable bonds is 8. The molecule has 4 rings (SSSR count). The highest BCUT2D eigenvalue weighted by Gasteiger charge is 2.49. The molecule has 1 unspecified atom stereocenters. The van der Waals surface area contributed by atoms with Crippen LogP contribution in [0.2, 0.25) is 5.02 Å². The molecule has 12 heteroatoms. The Balaban J connectivity index is 1.46. The third-order valence-corrected chi connectivity index (χ3v) is 6.61. The largest absolute Gasteiger partial charge is 0.367 e. The number of aromatic nitrogens is 1. The number of hydrogen-bond donors (Lipinski definition) is 4. The highest BCUT2D eigenvalue weighted by molar-refractivity contribution is 6.47. The second kappa shape index (κ2) is 11.1. The first-order valence-electron chi connectivity index (χ1n) is 11.6. The molecular formula is C24H27ClFN7O3. The molecule has 2 aliphatic heterocycles. The van der Waals surface area contributed by atoms with Crippen LogP contribution in [-0.2, 0) is 15.1 Å². The maximum absolute atomic E-state index is 13.3. The molecule has 10 nitrogen and oxygen atoms in total. The molecule has 0 saturated carbocycles. The van der Waals surface area contributed by atoms with Crippen LogP contribution in [0.5, 0.6) is 0 Å². The van der Waals surface area contributed by atoms with E-state index >= 15 is 0 Å². The molecule has 1 saturated heterocycles. The number of anilines is 1. The predicted molar refractivity (Wildman–Crippen MR) is 133 cm³/mol. The highest BCUT2D eigenvalue weighted by atomic mass is 35.5. The Labute approximate surface area is 212 Å². The summed E-state index contributed by atoms with van der Waals surface area (Å²) >= 11 is 5.95. The first-order chi connectivity index (χ1) is 17.3. The van der Waals surface area contributed by atoms with Gasteiger partial charge in [0.1, 0.15) is 17.3 Å². The number of benzene rings is 1. The van der Waals surface area contributed by atoms with Gasteiger partial charge in [-0.2, -0.15) is 0 Å². The van der Waals surface area contributed by atoms with Gasteiger partial charge in [0.25, 0.3) is 11.8 Å². The number of carbonyl (C=O) groups is 3. The summed E-state index contributed by atoms with van der Waals surface area (Å²) in [5.74, 6) is -2.28. The van der Waals surface area contributed by atoms with E-state index in [1.54, 1.807) is 0 Å². The van der Waals surface area contributed by atoms with E-state index in [4.69, 9.17) is 17.3 Å². The second-order valence-corrected chi connectivity index (χ2v) is 9.03. The van der Waals surface area contributed by atoms with Gasteiger partial charge < -0.3 is 21.3 Å². The quantitative estimate of drug-likeness (QED) is 0.419. The van der Waals surface area contributed by atoms with E-state index in [-0.39, 0.29) is 28.8 Å². The topological polar surface area (TPSA) is 142 Å². The van der Waals surface area contributed by atoms with Gasteiger partial charge in [0.15, 0.2) is 5.54 Å². The van der Waals surface area contributed by atoms with Crippen LogP contribution in [0.25, 0.3) is 0 Å². The van der Waals surface area contributed by atoms with Crippen LogP contribution in [-0.4, -0.2) is 66.2 Å². The Morgan fingerprint density at radius 1 is 1.14 bits per heavy atom. The number of piperidine rings is 1. The Bertz CT molecular complexity index is 1180. The molecule has 1 aromatic carbocycles. The molecule has 1 atom stereocenters. The normalized spacial score (nSPS) is 20.0. The van der Waals surface area contributed by atoms with Crippen LogP contribution in [0.15, 0.2) is 41.5 Å². The van der Waals surface area contributed by atoms with Crippen molar-refractivity contribution in [3.05, 3.63) is 58.5 Å². The number of aliphatic imine (C=N–C) groups is 1. The van der Waals surface area contributed by atoms with Gasteiger partial charge in [0.05, 0.1) is 17.3 Å². The fourth-order valence-corrected chi connectivity index (χ4v) is 4.66. The summed E-state index contributed by atoms with van der Waals surface area (Å²) < 4.78 is 13.3. The third kappa shape index (κ3) is 5.38. The van der Waals surface area contributed by atoms with Crippen LogP contribution in [0, 0.1) is 5.82 Å². The molecule has 2 aliphatic rings. The Morgan fingerprint density at radius 3 is 2.58 bits per heavy atom. The van der Waals surface area contributed by atoms with Crippen LogP contribution < -0.4 is 21.7 Å². The minimum absolute atomic E-state index is 0.0272. The zero-order valence-electron chi connectivity index (χ0n) is 19.5. The number of hydrogen-bond acceptors (Lipinski definition) is 7. The first-order valence-corrected chi connectivity index (χ1v) is 12.0. The van der Waals surface area contributed by atoms with Gasteiger partial charge in [-0.3, -0.25) is 24.7 Å². The number of nitrogens with two attached hydrogens (primary N) is 1. The average Bonchev–Trinajstić information content (AvgIpc) is 3.31. The van der Waals surface area contributed by atoms with Crippen molar-refractivity contribution in [2.24, 2.45) is 10.7 Å². The number of halogens is 2. The van der Waals surface area contributed by atoms with Crippen molar-refractivity contribution < 1.29 is 18.8 Å². The lowest BCUT2D eigenvalue weighted by Crippen LogP contribution is -2.58. The molecule has 2 aromatic rings. The molecule has 190 valence electrons. The first kappa shape index (κ1) is 25.7. The molecule has 3 heterocycles. The SMILES string of the molecule is NC(=O)C1(c2ccc(NC(=O)c3ccc(F)cc3Cl)nc2)NCN=C1C(=O)NCCN1CCCCC1. The summed E-state index contributed by atoms with van der Waals surface area (Å²) in [6.45, 7) is 3.17. The number of pyridine rings is 1. The molecule has 0 bridgehead atoms. The lowest BCUT2D eigenvalue weighted by molar-refractivity contribution is -0.123. The summed E-state index contributed by atoms with van der Waals surface area (Å²) in [6, 6.07) is 6.40. The number of likely N-dealkylation sites (tertiary alicyclic amines) is 1. The minimum atomic E-state index is -1.66. The van der Waals surface area contributed by atoms with Gasteiger partial charge in [0, 0.05) is 24.8 Å². The molecule has 0 aliphatic carbocycles. The van der Waals surface area contributed by atoms with Crippen molar-refractivity contribution in [2.75, 3.05) is 38.2 Å². The Kier molecular flexibility index (Phi) is 7.92. The van der Waals surface area contributed by atoms with Crippen molar-refractivity contribution >= 4 is 40.9 Å². The van der Waals surface area contributed by atoms with Crippen molar-refractivity contribution in [3.8, 4) is 0 Å². The van der Waals surface area contributed by atoms with E-state index in [1.165, 1.54) is 30.8 Å². The monoisotopic (exact) mass is 515 g/mol. The molecule has 36 heavy (non-hydrogen) atoms. The summed E-state index contributed by atoms with van der Waals surface area (Å²) in [7, 11) is 0. The van der Waals surface area contributed by atoms with Crippen LogP contribution in [0.1, 0.15) is 35.2 Å². The summed E-state index contributed by atoms with van der Waals surface area (Å²) in [4.78, 5) is 48.8. The second-order valence-electron chi connectivity index (χ2n) is 8.62. The molecule has 1 fully saturated rings. The number of carbonyl (C=O) groups excluding carboxylic acids is 3. The van der Waals surface area contributed by atoms with Crippen LogP contribution in [0.3, 0.4) is 0 Å². The molecule has 0 spiro atoms. The average molecular weight is 516 g/mol. The lowest BCUT2D eigenvalue weighted by Gasteiger charge is -2.28. The number of nitrogens with zero attached hydrogens (tertiary/aromatic N) is 3. The van der Waals surface area contributed by atoms with Gasteiger partial charge >= 0.3 is 0 Å². The van der Waals surface area contributed by atoms with Crippen LogP contribution in [0.4, 0.5) is 10.2 Å². The number of primary amides is 1. The molecular weight excluding hydrogens is 489 g/mol. The molecule has 1 aromatic heterocycles. The van der Waals surface area contributed by atoms with Gasteiger partial charge in [0.2, 0.25) is 5.91 Å². The number of amides is 3. The standard InChI is InChI=1S/C24H27ClFN7O3/c25-18-12-16(26)5-6-17(18)21(34)32-19-7-4-15(13-29-19)24(23(27)36)20(30-14-31-24)22(35)28-8-11-33-9-2-1-3-10-33/h4-7,12-13,31H,1-3,8-11,14H2,(H2,27,36)(H,28,35)(H,29,32,34). The fraction of sp³-hybridized carbons (Fsp3) is 0.375. The molecule has 5 N–H and O–H groups in total. The van der Waals surface area contributed by atoms with Gasteiger partial charge in [-0.05, 0) is 50.2 Å². The molecule has 3 amide bonds. The smallest absolute Gasteiger partial charge is 0.268 e. The van der Waals surface area contributed by atoms with Crippen molar-refractivity contribution in [3.63, 3.8) is 0 Å². The van der Waals surface area contributed by atoms with Crippen molar-refractivity contribution in [2.45, 2.75) is 24.8 Å². The van der Waals surface area contributed by atoms with E-state index in [2.05, 4.69) is 30.8 Å². The maximum atomic E-state index is 13.3. The minimum Gasteiger partial charge on any atom is -0.367 e. The lowest BCUT2D eigenvalue weighted by atomic mass is 9.85. The van der Waals surface area contributed by atoms with E-state index in [0.29, 0.717) is 18.7 Å². The van der Waals surface area contributed by atoms with E-state index in [9.17, 15) is 18.8 Å². The van der Waals surface area contributed by atoms with Gasteiger partial charge in [-0.1, -0.05) is 24.1 Å². The highest BCUT2D eigenvalue weighted by Crippen LogP contribution is 2.27. The van der Waals surface area contributed by atoms with Gasteiger partial charge in [-0.25, -0.2) is 9.37 Å². The Hall–Kier alpha value is -3.41. The van der Waals surface area contributed by atoms with E-state index < -0.39 is 29.1 Å². The molecule has 0 radical (unpaired) electrons. The maximum Gasteiger partial charge on any atom is 0.268 e. The summed E-state index contributed by atoms with van der Waals surface area (Å²) in [5, 5.41) is 8.29. The Morgan fingerprint density at radius 2 is 1.92 bits per heavy atom. The van der Waals surface area contributed by atoms with Gasteiger partial charge in [-0.15, -0.1) is 0 Å². The van der Waals surface area contributed by atoms with Crippen molar-refractivity contribution in [1.82, 2.24) is 20.5 Å². The third-order valence-electron chi connectivity index (χ3n) is 6.30. The zero-order valence-corrected chi connectivity index (χ0v) is 20.3. The van der Waals surface area contributed by atoms with E-state index in [1.807, 2.05) is 0 Å². The van der Waals surface area contributed by atoms with Crippen LogP contribution >= 0.6 is 11.6 Å². The van der Waals surface area contributed by atoms with Crippen molar-refractivity contribution in [1.29, 1.82) is 0 Å². The van der Waals surface area contributed by atoms with E-state index in [0.717, 1.165) is 38.1 Å². The number of nitrogens with one attached hydrogen (secondary N) is 3. The fourth-order valence-electron chi connectivity index (χ4n) is 4.41. The predicted octanol–water partition coefficient (Wildman–Crippen LogP) is 1.41.